The number of H-pyrrole nitrogens is 1. The lowest BCUT2D eigenvalue weighted by Gasteiger charge is -2.20. The monoisotopic (exact) mass is 474 g/mol. The van der Waals surface area contributed by atoms with E-state index in [4.69, 9.17) is 13.1 Å². The van der Waals surface area contributed by atoms with Crippen LogP contribution in [0.2, 0.25) is 0 Å². The third kappa shape index (κ3) is 5.33. The molecule has 9 heteroatoms. The highest BCUT2D eigenvalue weighted by Crippen LogP contribution is 2.27. The summed E-state index contributed by atoms with van der Waals surface area (Å²) in [5, 5.41) is 6.49. The molecular weight excluding hydrogens is 448 g/mol. The van der Waals surface area contributed by atoms with Crippen molar-refractivity contribution in [1.82, 2.24) is 9.88 Å². The van der Waals surface area contributed by atoms with Crippen LogP contribution in [0.3, 0.4) is 0 Å². The van der Waals surface area contributed by atoms with E-state index in [1.165, 1.54) is 0 Å². The van der Waals surface area contributed by atoms with Gasteiger partial charge in [0.15, 0.2) is 5.69 Å². The largest absolute Gasteiger partial charge is 0.361 e. The van der Waals surface area contributed by atoms with E-state index in [0.29, 0.717) is 30.0 Å². The molecule has 0 bridgehead atoms. The molecule has 8 nitrogen and oxygen atoms in total. The highest BCUT2D eigenvalue weighted by molar-refractivity contribution is 7.59. The summed E-state index contributed by atoms with van der Waals surface area (Å²) in [7, 11) is 0. The number of anilines is 2. The molecule has 4 rings (SSSR count). The fraction of sp³-hybridized carbons (Fsp3) is 0.280. The summed E-state index contributed by atoms with van der Waals surface area (Å²) < 4.78 is 0. The number of likely N-dealkylation sites (tertiary alicyclic amines) is 1. The van der Waals surface area contributed by atoms with Crippen LogP contribution in [-0.2, 0) is 11.2 Å². The number of aromatic nitrogens is 1. The SMILES string of the molecule is S.[C-]#[N+]c1cccc(NC(=O)Nc2ccc3[nH]cc(CC(C)C(=O)N4CCC[C@H]4[N+]#[C-])c3c2)c1. The lowest BCUT2D eigenvalue weighted by molar-refractivity contribution is -0.135. The molecule has 3 amide bonds. The van der Waals surface area contributed by atoms with Crippen LogP contribution in [0.4, 0.5) is 21.9 Å². The van der Waals surface area contributed by atoms with Crippen molar-refractivity contribution in [2.75, 3.05) is 17.2 Å². The van der Waals surface area contributed by atoms with Crippen molar-refractivity contribution in [1.29, 1.82) is 0 Å². The maximum absolute atomic E-state index is 12.9. The summed E-state index contributed by atoms with van der Waals surface area (Å²) in [5.41, 5.74) is 3.51. The lowest BCUT2D eigenvalue weighted by Crippen LogP contribution is -2.38. The summed E-state index contributed by atoms with van der Waals surface area (Å²) in [6, 6.07) is 11.9. The molecular formula is C25H26N6O2S. The highest BCUT2D eigenvalue weighted by atomic mass is 32.1. The number of fused-ring (bicyclic) bond motifs is 1. The van der Waals surface area contributed by atoms with Crippen LogP contribution in [0, 0.1) is 19.1 Å². The van der Waals surface area contributed by atoms with Crippen molar-refractivity contribution in [3.05, 3.63) is 77.1 Å². The molecule has 1 aliphatic rings. The van der Waals surface area contributed by atoms with E-state index in [2.05, 4.69) is 25.3 Å². The minimum Gasteiger partial charge on any atom is -0.361 e. The predicted molar refractivity (Wildman–Crippen MR) is 138 cm³/mol. The van der Waals surface area contributed by atoms with Crippen LogP contribution in [0.15, 0.2) is 48.7 Å². The number of carbonyl (C=O) groups excluding carboxylic acids is 2. The first-order valence-corrected chi connectivity index (χ1v) is 10.8. The van der Waals surface area contributed by atoms with Gasteiger partial charge in [0.1, 0.15) is 0 Å². The number of carbonyl (C=O) groups is 2. The van der Waals surface area contributed by atoms with Gasteiger partial charge < -0.3 is 15.6 Å². The zero-order valence-corrected chi connectivity index (χ0v) is 19.8. The second-order valence-electron chi connectivity index (χ2n) is 8.20. The summed E-state index contributed by atoms with van der Waals surface area (Å²) >= 11 is 0. The van der Waals surface area contributed by atoms with Gasteiger partial charge in [-0.1, -0.05) is 19.1 Å². The van der Waals surface area contributed by atoms with Gasteiger partial charge >= 0.3 is 12.2 Å². The van der Waals surface area contributed by atoms with Gasteiger partial charge in [0.25, 0.3) is 0 Å². The number of aromatic amines is 1. The Labute approximate surface area is 205 Å². The average molecular weight is 475 g/mol. The van der Waals surface area contributed by atoms with Gasteiger partial charge in [0.05, 0.1) is 6.57 Å². The molecule has 2 heterocycles. The summed E-state index contributed by atoms with van der Waals surface area (Å²) in [6.07, 6.45) is 3.71. The Balaban J connectivity index is 0.00000324. The lowest BCUT2D eigenvalue weighted by atomic mass is 9.99. The van der Waals surface area contributed by atoms with E-state index in [-0.39, 0.29) is 31.5 Å². The molecule has 0 saturated carbocycles. The first-order valence-electron chi connectivity index (χ1n) is 10.8. The van der Waals surface area contributed by atoms with Gasteiger partial charge in [0, 0.05) is 47.4 Å². The van der Waals surface area contributed by atoms with E-state index >= 15 is 0 Å². The van der Waals surface area contributed by atoms with Gasteiger partial charge in [-0.3, -0.25) is 14.5 Å². The maximum Gasteiger partial charge on any atom is 0.323 e. The Hall–Kier alpha value is -3.95. The number of nitrogens with zero attached hydrogens (tertiary/aromatic N) is 3. The molecule has 1 unspecified atom stereocenters. The van der Waals surface area contributed by atoms with Crippen molar-refractivity contribution < 1.29 is 9.59 Å². The van der Waals surface area contributed by atoms with E-state index in [9.17, 15) is 9.59 Å². The molecule has 1 saturated heterocycles. The Bertz CT molecular complexity index is 1290. The summed E-state index contributed by atoms with van der Waals surface area (Å²) in [6.45, 7) is 16.9. The molecule has 34 heavy (non-hydrogen) atoms. The number of hydrogen-bond acceptors (Lipinski definition) is 2. The number of amides is 3. The molecule has 174 valence electrons. The van der Waals surface area contributed by atoms with E-state index < -0.39 is 6.03 Å². The van der Waals surface area contributed by atoms with E-state index in [1.807, 2.05) is 25.3 Å². The van der Waals surface area contributed by atoms with Gasteiger partial charge in [-0.2, -0.15) is 13.5 Å². The number of urea groups is 1. The third-order valence-electron chi connectivity index (χ3n) is 5.86. The Kier molecular flexibility index (Phi) is 7.83. The van der Waals surface area contributed by atoms with E-state index in [1.54, 1.807) is 35.2 Å². The summed E-state index contributed by atoms with van der Waals surface area (Å²) in [5.74, 6) is -0.237. The number of benzene rings is 2. The van der Waals surface area contributed by atoms with Crippen molar-refractivity contribution in [2.45, 2.75) is 32.4 Å². The molecule has 0 aliphatic carbocycles. The van der Waals surface area contributed by atoms with Crippen LogP contribution in [0.1, 0.15) is 25.3 Å². The topological polar surface area (TPSA) is 85.9 Å². The van der Waals surface area contributed by atoms with Crippen molar-refractivity contribution in [2.24, 2.45) is 5.92 Å². The predicted octanol–water partition coefficient (Wildman–Crippen LogP) is 5.52. The summed E-state index contributed by atoms with van der Waals surface area (Å²) in [4.78, 5) is 37.2. The zero-order chi connectivity index (χ0) is 23.4. The molecule has 0 spiro atoms. The molecule has 3 N–H and O–H groups in total. The molecule has 1 aliphatic heterocycles. The number of hydrogen-bond donors (Lipinski definition) is 3. The smallest absolute Gasteiger partial charge is 0.323 e. The van der Waals surface area contributed by atoms with Crippen molar-refractivity contribution in [3.8, 4) is 0 Å². The molecule has 3 aromatic rings. The Morgan fingerprint density at radius 2 is 1.94 bits per heavy atom. The zero-order valence-electron chi connectivity index (χ0n) is 18.8. The minimum absolute atomic E-state index is 0. The average Bonchev–Trinajstić information content (AvgIpc) is 3.45. The molecule has 2 atom stereocenters. The van der Waals surface area contributed by atoms with E-state index in [0.717, 1.165) is 29.3 Å². The Morgan fingerprint density at radius 1 is 1.18 bits per heavy atom. The third-order valence-corrected chi connectivity index (χ3v) is 5.86. The van der Waals surface area contributed by atoms with Gasteiger partial charge in [-0.25, -0.2) is 16.2 Å². The highest BCUT2D eigenvalue weighted by Gasteiger charge is 2.35. The minimum atomic E-state index is -0.406. The van der Waals surface area contributed by atoms with Crippen LogP contribution in [0.5, 0.6) is 0 Å². The first-order chi connectivity index (χ1) is 16.0. The second-order valence-corrected chi connectivity index (χ2v) is 8.20. The van der Waals surface area contributed by atoms with Crippen LogP contribution >= 0.6 is 13.5 Å². The van der Waals surface area contributed by atoms with Gasteiger partial charge in [-0.05, 0) is 48.7 Å². The van der Waals surface area contributed by atoms with Crippen LogP contribution in [0.25, 0.3) is 20.6 Å². The number of rotatable bonds is 5. The first kappa shape index (κ1) is 24.7. The Morgan fingerprint density at radius 3 is 2.68 bits per heavy atom. The van der Waals surface area contributed by atoms with Crippen LogP contribution in [-0.4, -0.2) is 34.5 Å². The van der Waals surface area contributed by atoms with Crippen molar-refractivity contribution >= 4 is 53.4 Å². The maximum atomic E-state index is 12.9. The molecule has 2 aromatic carbocycles. The molecule has 0 radical (unpaired) electrons. The normalized spacial score (nSPS) is 15.6. The standard InChI is InChI=1S/C25H24N6O2.H2S/c1-16(24(32)31-11-5-8-23(31)27-3)12-17-15-28-22-10-9-20(14-21(17)22)30-25(33)29-19-7-4-6-18(13-19)26-2;/h4,6-7,9-10,13-16,23,28H,5,8,11-12H2,1H3,(H2,29,30,33);1H2/t16?,23-;/m0./s1. The van der Waals surface area contributed by atoms with Gasteiger partial charge in [0.2, 0.25) is 5.91 Å². The fourth-order valence-electron chi connectivity index (χ4n) is 4.21. The fourth-order valence-corrected chi connectivity index (χ4v) is 4.21. The second kappa shape index (κ2) is 10.8. The molecule has 1 fully saturated rings. The van der Waals surface area contributed by atoms with Crippen LogP contribution < -0.4 is 10.6 Å². The number of nitrogens with one attached hydrogen (secondary N) is 3. The molecule has 1 aromatic heterocycles. The van der Waals surface area contributed by atoms with Gasteiger partial charge in [-0.15, -0.1) is 0 Å². The quantitative estimate of drug-likeness (QED) is 0.425. The van der Waals surface area contributed by atoms with Crippen molar-refractivity contribution in [3.63, 3.8) is 0 Å².